The molecule has 2 unspecified atom stereocenters. The average molecular weight is 744 g/mol. The van der Waals surface area contributed by atoms with E-state index < -0.39 is 32.5 Å². The largest absolute Gasteiger partial charge is 0.756 e. The van der Waals surface area contributed by atoms with E-state index >= 15 is 0 Å². The van der Waals surface area contributed by atoms with E-state index in [1.54, 1.807) is 0 Å². The van der Waals surface area contributed by atoms with E-state index in [0.29, 0.717) is 17.4 Å². The number of hydrogen-bond donors (Lipinski definition) is 0. The van der Waals surface area contributed by atoms with Crippen LogP contribution < -0.4 is 4.89 Å². The summed E-state index contributed by atoms with van der Waals surface area (Å²) in [6.45, 7) is 4.16. The van der Waals surface area contributed by atoms with E-state index in [0.717, 1.165) is 77.0 Å². The second kappa shape index (κ2) is 34.3. The summed E-state index contributed by atoms with van der Waals surface area (Å²) in [6, 6.07) is 0. The Morgan fingerprint density at radius 2 is 1.02 bits per heavy atom. The summed E-state index contributed by atoms with van der Waals surface area (Å²) >= 11 is 0. The molecule has 0 spiro atoms. The molecule has 300 valence electrons. The number of carbonyl (C=O) groups excluding carboxylic acids is 2. The quantitative estimate of drug-likeness (QED) is 0.0203. The summed E-state index contributed by atoms with van der Waals surface area (Å²) < 4.78 is 33.8. The van der Waals surface area contributed by atoms with Gasteiger partial charge in [0, 0.05) is 12.8 Å². The highest BCUT2D eigenvalue weighted by atomic mass is 31.2. The zero-order valence-corrected chi connectivity index (χ0v) is 34.4. The molecule has 0 saturated carbocycles. The number of ether oxygens (including phenoxy) is 2. The third-order valence-electron chi connectivity index (χ3n) is 8.69. The van der Waals surface area contributed by atoms with Gasteiger partial charge in [0.1, 0.15) is 19.8 Å². The number of allylic oxidation sites excluding steroid dienone is 4. The maximum atomic E-state index is 12.6. The Morgan fingerprint density at radius 3 is 1.51 bits per heavy atom. The van der Waals surface area contributed by atoms with Gasteiger partial charge in [0.2, 0.25) is 0 Å². The fourth-order valence-electron chi connectivity index (χ4n) is 5.39. The number of likely N-dealkylation sites (N-methyl/N-ethyl adjacent to an activating group) is 1. The molecule has 0 aromatic carbocycles. The van der Waals surface area contributed by atoms with Gasteiger partial charge < -0.3 is 27.9 Å². The molecule has 0 aromatic rings. The van der Waals surface area contributed by atoms with Gasteiger partial charge in [-0.15, -0.1) is 0 Å². The maximum absolute atomic E-state index is 12.6. The highest BCUT2D eigenvalue weighted by molar-refractivity contribution is 7.45. The lowest BCUT2D eigenvalue weighted by Crippen LogP contribution is -2.37. The smallest absolute Gasteiger partial charge is 0.306 e. The normalized spacial score (nSPS) is 13.9. The van der Waals surface area contributed by atoms with Crippen molar-refractivity contribution in [3.63, 3.8) is 0 Å². The Morgan fingerprint density at radius 1 is 0.588 bits per heavy atom. The van der Waals surface area contributed by atoms with Gasteiger partial charge in [-0.25, -0.2) is 0 Å². The highest BCUT2D eigenvalue weighted by Gasteiger charge is 2.21. The number of carbonyl (C=O) groups is 2. The Balaban J connectivity index is 4.41. The number of hydrogen-bond acceptors (Lipinski definition) is 8. The lowest BCUT2D eigenvalue weighted by atomic mass is 10.1. The molecule has 2 atom stereocenters. The molecule has 9 nitrogen and oxygen atoms in total. The van der Waals surface area contributed by atoms with Crippen molar-refractivity contribution >= 4 is 19.8 Å². The monoisotopic (exact) mass is 744 g/mol. The van der Waals surface area contributed by atoms with Crippen LogP contribution in [0, 0.1) is 0 Å². The van der Waals surface area contributed by atoms with Crippen molar-refractivity contribution in [2.24, 2.45) is 0 Å². The minimum atomic E-state index is -4.62. The highest BCUT2D eigenvalue weighted by Crippen LogP contribution is 2.38. The first-order chi connectivity index (χ1) is 24.5. The van der Waals surface area contributed by atoms with E-state index in [1.807, 2.05) is 21.1 Å². The van der Waals surface area contributed by atoms with Crippen molar-refractivity contribution < 1.29 is 42.1 Å². The number of unbranched alkanes of at least 4 members (excludes halogenated alkanes) is 19. The first kappa shape index (κ1) is 49.5. The van der Waals surface area contributed by atoms with Crippen LogP contribution in [0.5, 0.6) is 0 Å². The molecular formula is C41H78NO8P. The van der Waals surface area contributed by atoms with Gasteiger partial charge in [-0.2, -0.15) is 0 Å². The molecule has 0 aliphatic rings. The van der Waals surface area contributed by atoms with Gasteiger partial charge >= 0.3 is 11.9 Å². The van der Waals surface area contributed by atoms with Crippen molar-refractivity contribution in [1.82, 2.24) is 0 Å². The summed E-state index contributed by atoms with van der Waals surface area (Å²) in [5.41, 5.74) is 0. The van der Waals surface area contributed by atoms with Crippen LogP contribution in [0.4, 0.5) is 0 Å². The summed E-state index contributed by atoms with van der Waals surface area (Å²) in [5.74, 6) is -0.855. The van der Waals surface area contributed by atoms with Crippen LogP contribution in [0.3, 0.4) is 0 Å². The average Bonchev–Trinajstić information content (AvgIpc) is 3.07. The number of quaternary nitrogens is 1. The summed E-state index contributed by atoms with van der Waals surface area (Å²) in [4.78, 5) is 37.4. The molecule has 0 aliphatic heterocycles. The van der Waals surface area contributed by atoms with Crippen LogP contribution in [-0.4, -0.2) is 70.0 Å². The Kier molecular flexibility index (Phi) is 33.3. The second-order valence-corrected chi connectivity index (χ2v) is 16.4. The third kappa shape index (κ3) is 38.0. The van der Waals surface area contributed by atoms with Crippen LogP contribution in [0.15, 0.2) is 24.3 Å². The van der Waals surface area contributed by atoms with Crippen molar-refractivity contribution in [3.8, 4) is 0 Å². The summed E-state index contributed by atoms with van der Waals surface area (Å²) in [5, 5.41) is 0. The SMILES string of the molecule is CCCC/C=C\CCCCCCCC(=O)OCC(COP(=O)([O-])OCC[N+](C)(C)C)OC(=O)CCCCCCC/C=C\CCCCCCCCC. The number of rotatable bonds is 37. The second-order valence-electron chi connectivity index (χ2n) is 15.0. The standard InChI is InChI=1S/C41H78NO8P/c1-6-8-10-12-14-16-18-19-20-21-22-24-26-28-30-32-34-41(44)50-39(38-49-51(45,46)48-36-35-42(3,4)5)37-47-40(43)33-31-29-27-25-23-17-15-13-11-9-7-2/h13,15,20-21,39H,6-12,14,16-19,22-38H2,1-5H3/b15-13-,21-20-. The molecule has 0 radical (unpaired) electrons. The molecule has 0 rings (SSSR count). The first-order valence-corrected chi connectivity index (χ1v) is 22.0. The van der Waals surface area contributed by atoms with Crippen molar-refractivity contribution in [2.45, 2.75) is 180 Å². The first-order valence-electron chi connectivity index (χ1n) is 20.5. The molecule has 0 aliphatic carbocycles. The maximum Gasteiger partial charge on any atom is 0.306 e. The molecule has 0 saturated heterocycles. The number of phosphoric acid groups is 1. The van der Waals surface area contributed by atoms with Crippen molar-refractivity contribution in [2.75, 3.05) is 47.5 Å². The third-order valence-corrected chi connectivity index (χ3v) is 9.66. The van der Waals surface area contributed by atoms with Gasteiger partial charge in [-0.05, 0) is 57.8 Å². The zero-order valence-electron chi connectivity index (χ0n) is 33.6. The zero-order chi connectivity index (χ0) is 37.9. The topological polar surface area (TPSA) is 111 Å². The number of esters is 2. The molecule has 10 heteroatoms. The summed E-state index contributed by atoms with van der Waals surface area (Å²) in [7, 11) is 1.16. The molecule has 0 heterocycles. The van der Waals surface area contributed by atoms with E-state index in [4.69, 9.17) is 18.5 Å². The summed E-state index contributed by atoms with van der Waals surface area (Å²) in [6.07, 6.45) is 34.9. The lowest BCUT2D eigenvalue weighted by molar-refractivity contribution is -0.870. The number of nitrogens with zero attached hydrogens (tertiary/aromatic N) is 1. The molecule has 0 amide bonds. The van der Waals surface area contributed by atoms with Crippen molar-refractivity contribution in [3.05, 3.63) is 24.3 Å². The van der Waals surface area contributed by atoms with Crippen molar-refractivity contribution in [1.29, 1.82) is 0 Å². The van der Waals surface area contributed by atoms with Crippen LogP contribution in [-0.2, 0) is 32.7 Å². The minimum Gasteiger partial charge on any atom is -0.756 e. The van der Waals surface area contributed by atoms with Crippen LogP contribution in [0.25, 0.3) is 0 Å². The van der Waals surface area contributed by atoms with E-state index in [2.05, 4.69) is 38.2 Å². The van der Waals surface area contributed by atoms with Crippen LogP contribution in [0.2, 0.25) is 0 Å². The Hall–Kier alpha value is -1.51. The van der Waals surface area contributed by atoms with Crippen LogP contribution in [0.1, 0.15) is 174 Å². The van der Waals surface area contributed by atoms with Gasteiger partial charge in [0.15, 0.2) is 6.10 Å². The van der Waals surface area contributed by atoms with Gasteiger partial charge in [-0.1, -0.05) is 128 Å². The fraction of sp³-hybridized carbons (Fsp3) is 0.854. The van der Waals surface area contributed by atoms with E-state index in [9.17, 15) is 19.0 Å². The molecule has 0 N–H and O–H groups in total. The fourth-order valence-corrected chi connectivity index (χ4v) is 6.12. The Bertz CT molecular complexity index is 933. The molecule has 51 heavy (non-hydrogen) atoms. The van der Waals surface area contributed by atoms with Gasteiger partial charge in [-0.3, -0.25) is 14.2 Å². The molecule has 0 bridgehead atoms. The van der Waals surface area contributed by atoms with Gasteiger partial charge in [0.25, 0.3) is 7.82 Å². The molecular weight excluding hydrogens is 665 g/mol. The lowest BCUT2D eigenvalue weighted by Gasteiger charge is -2.28. The van der Waals surface area contributed by atoms with E-state index in [-0.39, 0.29) is 26.1 Å². The number of phosphoric ester groups is 1. The Labute approximate surface area is 313 Å². The van der Waals surface area contributed by atoms with Gasteiger partial charge in [0.05, 0.1) is 27.7 Å². The molecule has 0 aromatic heterocycles. The van der Waals surface area contributed by atoms with E-state index in [1.165, 1.54) is 64.2 Å². The molecule has 0 fully saturated rings. The minimum absolute atomic E-state index is 0.0328. The predicted molar refractivity (Wildman–Crippen MR) is 208 cm³/mol. The van der Waals surface area contributed by atoms with Crippen LogP contribution >= 0.6 is 7.82 Å². The predicted octanol–water partition coefficient (Wildman–Crippen LogP) is 10.6.